The minimum Gasteiger partial charge on any atom is -0.343 e. The molecule has 0 aromatic carbocycles. The van der Waals surface area contributed by atoms with Crippen LogP contribution in [0.4, 0.5) is 0 Å². The Hall–Kier alpha value is -0.790. The van der Waals surface area contributed by atoms with Gasteiger partial charge in [0.25, 0.3) is 0 Å². The van der Waals surface area contributed by atoms with Crippen molar-refractivity contribution < 1.29 is 4.79 Å². The second-order valence-electron chi connectivity index (χ2n) is 5.03. The number of rotatable bonds is 2. The summed E-state index contributed by atoms with van der Waals surface area (Å²) < 4.78 is 0. The maximum Gasteiger partial charge on any atom is 0.223 e. The van der Waals surface area contributed by atoms with Crippen molar-refractivity contribution in [2.24, 2.45) is 11.8 Å². The topological polar surface area (TPSA) is 20.3 Å². The van der Waals surface area contributed by atoms with Crippen LogP contribution in [0.5, 0.6) is 0 Å². The lowest BCUT2D eigenvalue weighted by molar-refractivity contribution is -0.133. The molecule has 1 fully saturated rings. The van der Waals surface area contributed by atoms with Crippen LogP contribution in [0.3, 0.4) is 0 Å². The highest BCUT2D eigenvalue weighted by Gasteiger charge is 2.22. The molecule has 0 bridgehead atoms. The number of hydrogen-bond acceptors (Lipinski definition) is 1. The van der Waals surface area contributed by atoms with Gasteiger partial charge >= 0.3 is 0 Å². The van der Waals surface area contributed by atoms with Gasteiger partial charge in [-0.2, -0.15) is 0 Å². The first-order valence-corrected chi connectivity index (χ1v) is 6.20. The summed E-state index contributed by atoms with van der Waals surface area (Å²) in [5.74, 6) is 1.70. The molecular formula is C13H21NO. The molecule has 1 heterocycles. The van der Waals surface area contributed by atoms with E-state index in [0.29, 0.717) is 11.8 Å². The Morgan fingerprint density at radius 3 is 2.67 bits per heavy atom. The van der Waals surface area contributed by atoms with Gasteiger partial charge in [-0.05, 0) is 37.5 Å². The van der Waals surface area contributed by atoms with Gasteiger partial charge in [-0.25, -0.2) is 0 Å². The maximum absolute atomic E-state index is 12.0. The Bertz CT molecular complexity index is 251. The van der Waals surface area contributed by atoms with Crippen molar-refractivity contribution in [3.05, 3.63) is 12.2 Å². The van der Waals surface area contributed by atoms with Gasteiger partial charge in [0.15, 0.2) is 0 Å². The lowest BCUT2D eigenvalue weighted by atomic mass is 9.97. The lowest BCUT2D eigenvalue weighted by Gasteiger charge is -2.31. The van der Waals surface area contributed by atoms with E-state index in [1.807, 2.05) is 0 Å². The van der Waals surface area contributed by atoms with Crippen molar-refractivity contribution in [1.29, 1.82) is 0 Å². The fraction of sp³-hybridized carbons (Fsp3) is 0.769. The molecule has 0 aromatic heterocycles. The van der Waals surface area contributed by atoms with Crippen LogP contribution in [0.2, 0.25) is 0 Å². The van der Waals surface area contributed by atoms with Gasteiger partial charge in [-0.3, -0.25) is 4.79 Å². The molecule has 1 atom stereocenters. The summed E-state index contributed by atoms with van der Waals surface area (Å²) in [6.45, 7) is 4.24. The number of hydrogen-bond donors (Lipinski definition) is 0. The molecule has 2 rings (SSSR count). The Balaban J connectivity index is 1.78. The summed E-state index contributed by atoms with van der Waals surface area (Å²) in [5, 5.41) is 0. The first-order valence-electron chi connectivity index (χ1n) is 6.20. The van der Waals surface area contributed by atoms with Gasteiger partial charge in [0, 0.05) is 19.5 Å². The highest BCUT2D eigenvalue weighted by Crippen LogP contribution is 2.23. The molecule has 2 heteroatoms. The summed E-state index contributed by atoms with van der Waals surface area (Å²) in [6.07, 6.45) is 9.87. The third-order valence-corrected chi connectivity index (χ3v) is 3.69. The number of allylic oxidation sites excluding steroid dienone is 2. The lowest BCUT2D eigenvalue weighted by Crippen LogP contribution is -2.38. The van der Waals surface area contributed by atoms with Crippen LogP contribution < -0.4 is 0 Å². The fourth-order valence-electron chi connectivity index (χ4n) is 2.48. The van der Waals surface area contributed by atoms with E-state index in [0.717, 1.165) is 31.8 Å². The summed E-state index contributed by atoms with van der Waals surface area (Å²) >= 11 is 0. The predicted molar refractivity (Wildman–Crippen MR) is 61.5 cm³/mol. The first-order chi connectivity index (χ1) is 7.25. The van der Waals surface area contributed by atoms with Crippen LogP contribution in [0.15, 0.2) is 12.2 Å². The number of carbonyl (C=O) groups excluding carboxylic acids is 1. The molecule has 0 N–H and O–H groups in total. The summed E-state index contributed by atoms with van der Waals surface area (Å²) in [4.78, 5) is 14.0. The van der Waals surface area contributed by atoms with Crippen molar-refractivity contribution >= 4 is 5.91 Å². The normalized spacial score (nSPS) is 27.3. The minimum atomic E-state index is 0.374. The fourth-order valence-corrected chi connectivity index (χ4v) is 2.48. The third kappa shape index (κ3) is 2.83. The monoisotopic (exact) mass is 207 g/mol. The molecule has 15 heavy (non-hydrogen) atoms. The Labute approximate surface area is 92.3 Å². The molecule has 1 aliphatic heterocycles. The van der Waals surface area contributed by atoms with Gasteiger partial charge in [0.2, 0.25) is 5.91 Å². The van der Waals surface area contributed by atoms with E-state index < -0.39 is 0 Å². The molecule has 1 aliphatic carbocycles. The number of likely N-dealkylation sites (tertiary alicyclic amines) is 1. The molecule has 84 valence electrons. The maximum atomic E-state index is 12.0. The van der Waals surface area contributed by atoms with Crippen LogP contribution in [0, 0.1) is 11.8 Å². The zero-order valence-electron chi connectivity index (χ0n) is 9.61. The third-order valence-electron chi connectivity index (χ3n) is 3.69. The Kier molecular flexibility index (Phi) is 3.45. The van der Waals surface area contributed by atoms with Gasteiger partial charge < -0.3 is 4.90 Å². The predicted octanol–water partition coefficient (Wildman–Crippen LogP) is 2.60. The zero-order chi connectivity index (χ0) is 10.7. The van der Waals surface area contributed by atoms with Gasteiger partial charge in [-0.15, -0.1) is 0 Å². The highest BCUT2D eigenvalue weighted by atomic mass is 16.2. The Morgan fingerprint density at radius 1 is 1.33 bits per heavy atom. The van der Waals surface area contributed by atoms with E-state index in [-0.39, 0.29) is 0 Å². The van der Waals surface area contributed by atoms with E-state index >= 15 is 0 Å². The van der Waals surface area contributed by atoms with Gasteiger partial charge in [0.1, 0.15) is 0 Å². The molecule has 2 nitrogen and oxygen atoms in total. The molecule has 0 radical (unpaired) electrons. The smallest absolute Gasteiger partial charge is 0.223 e. The number of carbonyl (C=O) groups is 1. The molecule has 0 unspecified atom stereocenters. The summed E-state index contributed by atoms with van der Waals surface area (Å²) in [7, 11) is 0. The average molecular weight is 207 g/mol. The highest BCUT2D eigenvalue weighted by molar-refractivity contribution is 5.76. The number of nitrogens with zero attached hydrogens (tertiary/aromatic N) is 1. The number of piperidine rings is 1. The van der Waals surface area contributed by atoms with E-state index in [2.05, 4.69) is 24.0 Å². The molecule has 0 saturated carbocycles. The standard InChI is InChI=1S/C13H21NO/c1-11-6-8-14(9-7-11)13(15)10-12-4-2-3-5-12/h2,4,11-12H,3,5-10H2,1H3/t12-/m1/s1. The van der Waals surface area contributed by atoms with Crippen molar-refractivity contribution in [1.82, 2.24) is 4.90 Å². The molecule has 2 aliphatic rings. The molecule has 0 spiro atoms. The van der Waals surface area contributed by atoms with Crippen LogP contribution in [0.25, 0.3) is 0 Å². The van der Waals surface area contributed by atoms with Crippen LogP contribution in [-0.2, 0) is 4.79 Å². The second kappa shape index (κ2) is 4.82. The van der Waals surface area contributed by atoms with Crippen LogP contribution in [0.1, 0.15) is 39.0 Å². The van der Waals surface area contributed by atoms with E-state index in [4.69, 9.17) is 0 Å². The van der Waals surface area contributed by atoms with E-state index in [1.165, 1.54) is 19.3 Å². The van der Waals surface area contributed by atoms with Crippen molar-refractivity contribution in [2.75, 3.05) is 13.1 Å². The van der Waals surface area contributed by atoms with Gasteiger partial charge in [0.05, 0.1) is 0 Å². The average Bonchev–Trinajstić information content (AvgIpc) is 2.71. The van der Waals surface area contributed by atoms with Gasteiger partial charge in [-0.1, -0.05) is 19.1 Å². The van der Waals surface area contributed by atoms with Crippen molar-refractivity contribution in [3.8, 4) is 0 Å². The zero-order valence-corrected chi connectivity index (χ0v) is 9.61. The van der Waals surface area contributed by atoms with Crippen molar-refractivity contribution in [2.45, 2.75) is 39.0 Å². The SMILES string of the molecule is CC1CCN(C(=O)C[C@@H]2C=CCC2)CC1. The molecular weight excluding hydrogens is 186 g/mol. The quantitative estimate of drug-likeness (QED) is 0.637. The van der Waals surface area contributed by atoms with Crippen LogP contribution in [-0.4, -0.2) is 23.9 Å². The van der Waals surface area contributed by atoms with E-state index in [9.17, 15) is 4.79 Å². The number of amides is 1. The summed E-state index contributed by atoms with van der Waals surface area (Å²) in [5.41, 5.74) is 0. The summed E-state index contributed by atoms with van der Waals surface area (Å²) in [6, 6.07) is 0. The second-order valence-corrected chi connectivity index (χ2v) is 5.03. The molecule has 0 aromatic rings. The van der Waals surface area contributed by atoms with Crippen LogP contribution >= 0.6 is 0 Å². The minimum absolute atomic E-state index is 0.374. The first kappa shape index (κ1) is 10.7. The molecule has 1 saturated heterocycles. The van der Waals surface area contributed by atoms with E-state index in [1.54, 1.807) is 0 Å². The molecule has 1 amide bonds. The Morgan fingerprint density at radius 2 is 2.07 bits per heavy atom. The van der Waals surface area contributed by atoms with Crippen molar-refractivity contribution in [3.63, 3.8) is 0 Å². The largest absolute Gasteiger partial charge is 0.343 e.